The van der Waals surface area contributed by atoms with Crippen LogP contribution in [-0.4, -0.2) is 17.9 Å². The molecule has 0 unspecified atom stereocenters. The Kier molecular flexibility index (Phi) is 5.81. The molecule has 6 nitrogen and oxygen atoms in total. The normalized spacial score (nSPS) is 11.0. The largest absolute Gasteiger partial charge is 0.496 e. The molecule has 3 rings (SSSR count). The lowest BCUT2D eigenvalue weighted by Gasteiger charge is -2.11. The number of ether oxygens (including phenoxy) is 1. The minimum Gasteiger partial charge on any atom is -0.496 e. The van der Waals surface area contributed by atoms with Crippen LogP contribution in [0.15, 0.2) is 78.9 Å². The van der Waals surface area contributed by atoms with Crippen LogP contribution in [0.4, 0.5) is 11.4 Å². The Morgan fingerprint density at radius 1 is 1.00 bits per heavy atom. The summed E-state index contributed by atoms with van der Waals surface area (Å²) in [6.07, 6.45) is 1.75. The fourth-order valence-electron chi connectivity index (χ4n) is 2.70. The van der Waals surface area contributed by atoms with Crippen molar-refractivity contribution in [2.24, 2.45) is 0 Å². The summed E-state index contributed by atoms with van der Waals surface area (Å²) in [5, 5.41) is 14.0. The molecular formula is C22H18N2O4. The highest BCUT2D eigenvalue weighted by molar-refractivity contribution is 6.29. The lowest BCUT2D eigenvalue weighted by atomic mass is 10.0. The average molecular weight is 374 g/mol. The predicted molar refractivity (Wildman–Crippen MR) is 109 cm³/mol. The topological polar surface area (TPSA) is 81.5 Å². The van der Waals surface area contributed by atoms with E-state index in [1.54, 1.807) is 12.1 Å². The molecule has 0 spiro atoms. The lowest BCUT2D eigenvalue weighted by molar-refractivity contribution is -0.384. The van der Waals surface area contributed by atoms with E-state index in [1.807, 2.05) is 60.7 Å². The number of rotatable bonds is 6. The third kappa shape index (κ3) is 4.42. The maximum atomic E-state index is 13.0. The van der Waals surface area contributed by atoms with Crippen molar-refractivity contribution < 1.29 is 14.5 Å². The van der Waals surface area contributed by atoms with Gasteiger partial charge in [-0.05, 0) is 29.3 Å². The predicted octanol–water partition coefficient (Wildman–Crippen LogP) is 4.78. The summed E-state index contributed by atoms with van der Waals surface area (Å²) in [5.74, 6) is -0.101. The van der Waals surface area contributed by atoms with Crippen LogP contribution in [0.3, 0.4) is 0 Å². The number of anilines is 1. The number of nitrogens with one attached hydrogen (secondary N) is 1. The van der Waals surface area contributed by atoms with E-state index in [0.29, 0.717) is 16.9 Å². The molecule has 0 fully saturated rings. The Balaban J connectivity index is 1.99. The third-order valence-corrected chi connectivity index (χ3v) is 4.09. The minimum atomic E-state index is -0.554. The number of nitro groups is 1. The smallest absolute Gasteiger partial charge is 0.296 e. The average Bonchev–Trinajstić information content (AvgIpc) is 2.73. The molecule has 28 heavy (non-hydrogen) atoms. The number of carbonyl (C=O) groups is 1. The number of carbonyl (C=O) groups excluding carboxylic acids is 1. The van der Waals surface area contributed by atoms with E-state index < -0.39 is 10.8 Å². The van der Waals surface area contributed by atoms with Gasteiger partial charge >= 0.3 is 0 Å². The van der Waals surface area contributed by atoms with Gasteiger partial charge in [0.25, 0.3) is 11.6 Å². The van der Waals surface area contributed by atoms with E-state index >= 15 is 0 Å². The van der Waals surface area contributed by atoms with Crippen LogP contribution in [0.2, 0.25) is 0 Å². The van der Waals surface area contributed by atoms with Gasteiger partial charge in [0, 0.05) is 5.57 Å². The summed E-state index contributed by atoms with van der Waals surface area (Å²) in [4.78, 5) is 23.8. The number of nitrogens with zero attached hydrogens (tertiary/aromatic N) is 1. The molecule has 0 aromatic heterocycles. The van der Waals surface area contributed by atoms with E-state index in [4.69, 9.17) is 4.74 Å². The van der Waals surface area contributed by atoms with Crippen LogP contribution in [0.1, 0.15) is 11.1 Å². The molecule has 1 N–H and O–H groups in total. The zero-order chi connectivity index (χ0) is 19.9. The maximum absolute atomic E-state index is 13.0. The van der Waals surface area contributed by atoms with E-state index in [2.05, 4.69) is 5.32 Å². The number of benzene rings is 3. The van der Waals surface area contributed by atoms with Gasteiger partial charge < -0.3 is 10.1 Å². The third-order valence-electron chi connectivity index (χ3n) is 4.09. The van der Waals surface area contributed by atoms with Crippen LogP contribution in [0, 0.1) is 10.1 Å². The van der Waals surface area contributed by atoms with Gasteiger partial charge in [0.05, 0.1) is 18.1 Å². The minimum absolute atomic E-state index is 0.102. The van der Waals surface area contributed by atoms with Crippen LogP contribution >= 0.6 is 0 Å². The molecule has 1 amide bonds. The highest BCUT2D eigenvalue weighted by Gasteiger charge is 2.20. The Hall–Kier alpha value is -3.93. The van der Waals surface area contributed by atoms with Crippen molar-refractivity contribution in [2.75, 3.05) is 12.4 Å². The molecule has 3 aromatic carbocycles. The van der Waals surface area contributed by atoms with Crippen LogP contribution in [-0.2, 0) is 4.79 Å². The zero-order valence-electron chi connectivity index (χ0n) is 15.2. The quantitative estimate of drug-likeness (QED) is 0.291. The highest BCUT2D eigenvalue weighted by atomic mass is 16.6. The first-order chi connectivity index (χ1) is 13.6. The first kappa shape index (κ1) is 18.8. The van der Waals surface area contributed by atoms with Crippen molar-refractivity contribution in [1.29, 1.82) is 0 Å². The Morgan fingerprint density at radius 2 is 1.64 bits per heavy atom. The van der Waals surface area contributed by atoms with E-state index in [1.165, 1.54) is 19.2 Å². The van der Waals surface area contributed by atoms with E-state index in [0.717, 1.165) is 5.56 Å². The van der Waals surface area contributed by atoms with Gasteiger partial charge in [-0.1, -0.05) is 60.7 Å². The summed E-state index contributed by atoms with van der Waals surface area (Å²) in [5.41, 5.74) is 1.82. The number of hydrogen-bond acceptors (Lipinski definition) is 4. The summed E-state index contributed by atoms with van der Waals surface area (Å²) in [6.45, 7) is 0. The summed E-state index contributed by atoms with van der Waals surface area (Å²) < 4.78 is 5.03. The van der Waals surface area contributed by atoms with E-state index in [9.17, 15) is 14.9 Å². The molecule has 140 valence electrons. The highest BCUT2D eigenvalue weighted by Crippen LogP contribution is 2.30. The van der Waals surface area contributed by atoms with Crippen molar-refractivity contribution in [2.45, 2.75) is 0 Å². The van der Waals surface area contributed by atoms with Gasteiger partial charge in [0.2, 0.25) is 0 Å². The van der Waals surface area contributed by atoms with Crippen molar-refractivity contribution in [3.05, 3.63) is 100 Å². The molecule has 0 saturated carbocycles. The molecular weight excluding hydrogens is 356 g/mol. The Bertz CT molecular complexity index is 1020. The SMILES string of the molecule is COc1ccc(NC(=O)C(=Cc2ccccc2)c2ccccc2)c([N+](=O)[O-])c1. The second-order valence-electron chi connectivity index (χ2n) is 5.93. The second-order valence-corrected chi connectivity index (χ2v) is 5.93. The second kappa shape index (κ2) is 8.64. The van der Waals surface area contributed by atoms with Crippen molar-refractivity contribution in [3.8, 4) is 5.75 Å². The molecule has 6 heteroatoms. The molecule has 0 atom stereocenters. The van der Waals surface area contributed by atoms with E-state index in [-0.39, 0.29) is 11.4 Å². The summed E-state index contributed by atoms with van der Waals surface area (Å²) in [6, 6.07) is 22.8. The summed E-state index contributed by atoms with van der Waals surface area (Å²) in [7, 11) is 1.42. The molecule has 0 aliphatic heterocycles. The van der Waals surface area contributed by atoms with Gasteiger partial charge in [-0.2, -0.15) is 0 Å². The lowest BCUT2D eigenvalue weighted by Crippen LogP contribution is -2.14. The van der Waals surface area contributed by atoms with Gasteiger partial charge in [-0.3, -0.25) is 14.9 Å². The molecule has 0 saturated heterocycles. The first-order valence-corrected chi connectivity index (χ1v) is 8.54. The maximum Gasteiger partial charge on any atom is 0.296 e. The zero-order valence-corrected chi connectivity index (χ0v) is 15.2. The number of methoxy groups -OCH3 is 1. The molecule has 0 bridgehead atoms. The van der Waals surface area contributed by atoms with Crippen LogP contribution in [0.5, 0.6) is 5.75 Å². The van der Waals surface area contributed by atoms with Crippen LogP contribution in [0.25, 0.3) is 11.6 Å². The van der Waals surface area contributed by atoms with Crippen LogP contribution < -0.4 is 10.1 Å². The molecule has 0 radical (unpaired) electrons. The van der Waals surface area contributed by atoms with Gasteiger partial charge in [-0.25, -0.2) is 0 Å². The fraction of sp³-hybridized carbons (Fsp3) is 0.0455. The molecule has 0 heterocycles. The van der Waals surface area contributed by atoms with Crippen molar-refractivity contribution in [1.82, 2.24) is 0 Å². The Labute approximate surface area is 162 Å². The number of nitro benzene ring substituents is 1. The van der Waals surface area contributed by atoms with Crippen molar-refractivity contribution in [3.63, 3.8) is 0 Å². The number of hydrogen-bond donors (Lipinski definition) is 1. The van der Waals surface area contributed by atoms with Crippen molar-refractivity contribution >= 4 is 28.9 Å². The van der Waals surface area contributed by atoms with Gasteiger partial charge in [0.15, 0.2) is 0 Å². The number of amides is 1. The monoisotopic (exact) mass is 374 g/mol. The van der Waals surface area contributed by atoms with Gasteiger partial charge in [0.1, 0.15) is 11.4 Å². The van der Waals surface area contributed by atoms with Gasteiger partial charge in [-0.15, -0.1) is 0 Å². The molecule has 3 aromatic rings. The Morgan fingerprint density at radius 3 is 2.25 bits per heavy atom. The standard InChI is InChI=1S/C22H18N2O4/c1-28-18-12-13-20(21(15-18)24(26)27)23-22(25)19(17-10-6-3-7-11-17)14-16-8-4-2-5-9-16/h2-15H,1H3,(H,23,25). The summed E-state index contributed by atoms with van der Waals surface area (Å²) >= 11 is 0. The first-order valence-electron chi connectivity index (χ1n) is 8.54. The molecule has 0 aliphatic carbocycles. The fourth-order valence-corrected chi connectivity index (χ4v) is 2.70. The molecule has 0 aliphatic rings.